The van der Waals surface area contributed by atoms with Crippen molar-refractivity contribution in [3.63, 3.8) is 0 Å². The molecule has 0 spiro atoms. The SMILES string of the molecule is CCOC(=O)Cc1c(OC(F)(F)F)cc(C(F)(F)F)nc1I. The average molecular weight is 443 g/mol. The minimum atomic E-state index is -5.21. The summed E-state index contributed by atoms with van der Waals surface area (Å²) >= 11 is 1.30. The van der Waals surface area contributed by atoms with Gasteiger partial charge in [-0.15, -0.1) is 13.2 Å². The summed E-state index contributed by atoms with van der Waals surface area (Å²) in [5.41, 5.74) is -1.98. The maximum Gasteiger partial charge on any atom is 0.573 e. The van der Waals surface area contributed by atoms with E-state index in [4.69, 9.17) is 0 Å². The highest BCUT2D eigenvalue weighted by molar-refractivity contribution is 14.1. The van der Waals surface area contributed by atoms with Crippen LogP contribution in [0.15, 0.2) is 6.07 Å². The number of carbonyl (C=O) groups is 1. The molecule has 0 unspecified atom stereocenters. The van der Waals surface area contributed by atoms with Crippen LogP contribution in [-0.4, -0.2) is 23.9 Å². The topological polar surface area (TPSA) is 48.4 Å². The van der Waals surface area contributed by atoms with Crippen molar-refractivity contribution < 1.29 is 40.6 Å². The van der Waals surface area contributed by atoms with Gasteiger partial charge in [0, 0.05) is 11.6 Å². The molecule has 11 heteroatoms. The number of halogens is 7. The second-order valence-corrected chi connectivity index (χ2v) is 4.82. The van der Waals surface area contributed by atoms with E-state index >= 15 is 0 Å². The van der Waals surface area contributed by atoms with Crippen LogP contribution in [0.25, 0.3) is 0 Å². The molecule has 0 atom stereocenters. The number of nitrogens with zero attached hydrogens (tertiary/aromatic N) is 1. The van der Waals surface area contributed by atoms with Crippen LogP contribution in [0.1, 0.15) is 18.2 Å². The summed E-state index contributed by atoms with van der Waals surface area (Å²) in [6, 6.07) is 0.101. The lowest BCUT2D eigenvalue weighted by Crippen LogP contribution is -2.21. The molecule has 1 aromatic rings. The molecule has 0 aliphatic rings. The van der Waals surface area contributed by atoms with Crippen LogP contribution in [0.4, 0.5) is 26.3 Å². The predicted octanol–water partition coefficient (Wildman–Crippen LogP) is 3.71. The number of hydrogen-bond acceptors (Lipinski definition) is 4. The highest BCUT2D eigenvalue weighted by Gasteiger charge is 2.38. The van der Waals surface area contributed by atoms with Gasteiger partial charge in [-0.25, -0.2) is 4.98 Å². The van der Waals surface area contributed by atoms with Gasteiger partial charge < -0.3 is 9.47 Å². The number of carbonyl (C=O) groups excluding carboxylic acids is 1. The molecule has 0 N–H and O–H groups in total. The van der Waals surface area contributed by atoms with Gasteiger partial charge in [0.2, 0.25) is 0 Å². The van der Waals surface area contributed by atoms with E-state index in [1.54, 1.807) is 0 Å². The first kappa shape index (κ1) is 18.8. The van der Waals surface area contributed by atoms with Gasteiger partial charge in [-0.1, -0.05) is 0 Å². The minimum absolute atomic E-state index is 0.0288. The predicted molar refractivity (Wildman–Crippen MR) is 69.0 cm³/mol. The maximum absolute atomic E-state index is 12.6. The molecule has 0 radical (unpaired) electrons. The van der Waals surface area contributed by atoms with Crippen molar-refractivity contribution >= 4 is 28.6 Å². The monoisotopic (exact) mass is 443 g/mol. The Labute approximate surface area is 133 Å². The molecule has 0 bridgehead atoms. The number of hydrogen-bond donors (Lipinski definition) is 0. The van der Waals surface area contributed by atoms with Crippen molar-refractivity contribution in [1.82, 2.24) is 4.98 Å². The molecule has 124 valence electrons. The van der Waals surface area contributed by atoms with Crippen molar-refractivity contribution in [2.45, 2.75) is 25.9 Å². The summed E-state index contributed by atoms with van der Waals surface area (Å²) in [5.74, 6) is -2.04. The number of esters is 1. The Kier molecular flexibility index (Phi) is 5.87. The number of rotatable bonds is 4. The fourth-order valence-corrected chi connectivity index (χ4v) is 2.11. The molecule has 4 nitrogen and oxygen atoms in total. The molecule has 1 heterocycles. The normalized spacial score (nSPS) is 12.2. The Balaban J connectivity index is 3.31. The molecule has 22 heavy (non-hydrogen) atoms. The van der Waals surface area contributed by atoms with Gasteiger partial charge >= 0.3 is 18.5 Å². The second-order valence-electron chi connectivity index (χ2n) is 3.80. The molecule has 0 aliphatic heterocycles. The molecular formula is C11H8F6INO3. The van der Waals surface area contributed by atoms with Gasteiger partial charge in [0.1, 0.15) is 15.1 Å². The van der Waals surface area contributed by atoms with Crippen LogP contribution >= 0.6 is 22.6 Å². The molecular weight excluding hydrogens is 435 g/mol. The van der Waals surface area contributed by atoms with Gasteiger partial charge in [-0.3, -0.25) is 4.79 Å². The highest BCUT2D eigenvalue weighted by Crippen LogP contribution is 2.36. The Morgan fingerprint density at radius 1 is 1.27 bits per heavy atom. The standard InChI is InChI=1S/C11H8F6INO3/c1-2-21-8(20)3-5-6(22-11(15,16)17)4-7(10(12,13)14)19-9(5)18/h4H,2-3H2,1H3. The van der Waals surface area contributed by atoms with E-state index in [0.717, 1.165) is 0 Å². The molecule has 0 amide bonds. The Morgan fingerprint density at radius 2 is 1.86 bits per heavy atom. The fourth-order valence-electron chi connectivity index (χ4n) is 1.40. The third-order valence-electron chi connectivity index (χ3n) is 2.18. The van der Waals surface area contributed by atoms with Crippen LogP contribution in [0, 0.1) is 3.70 Å². The summed E-state index contributed by atoms with van der Waals surface area (Å²) < 4.78 is 82.5. The van der Waals surface area contributed by atoms with Crippen molar-refractivity contribution in [2.24, 2.45) is 0 Å². The van der Waals surface area contributed by atoms with E-state index in [9.17, 15) is 31.1 Å². The van der Waals surface area contributed by atoms with Crippen LogP contribution in [0.5, 0.6) is 5.75 Å². The van der Waals surface area contributed by atoms with Gasteiger partial charge in [-0.2, -0.15) is 13.2 Å². The first-order chi connectivity index (χ1) is 9.94. The zero-order valence-corrected chi connectivity index (χ0v) is 13.0. The fraction of sp³-hybridized carbons (Fsp3) is 0.455. The lowest BCUT2D eigenvalue weighted by molar-refractivity contribution is -0.275. The van der Waals surface area contributed by atoms with Crippen LogP contribution in [-0.2, 0) is 22.1 Å². The zero-order chi connectivity index (χ0) is 17.1. The molecule has 0 fully saturated rings. The number of ether oxygens (including phenoxy) is 2. The van der Waals surface area contributed by atoms with Gasteiger partial charge in [0.25, 0.3) is 0 Å². The van der Waals surface area contributed by atoms with Gasteiger partial charge in [0.15, 0.2) is 0 Å². The number of pyridine rings is 1. The quantitative estimate of drug-likeness (QED) is 0.308. The summed E-state index contributed by atoms with van der Waals surface area (Å²) in [7, 11) is 0. The molecule has 0 saturated carbocycles. The third kappa shape index (κ3) is 5.50. The van der Waals surface area contributed by atoms with Crippen LogP contribution in [0.2, 0.25) is 0 Å². The summed E-state index contributed by atoms with van der Waals surface area (Å²) in [5, 5.41) is 0. The van der Waals surface area contributed by atoms with E-state index in [1.807, 2.05) is 0 Å². The molecule has 0 aliphatic carbocycles. The van der Waals surface area contributed by atoms with E-state index < -0.39 is 45.6 Å². The maximum atomic E-state index is 12.6. The summed E-state index contributed by atoms with van der Waals surface area (Å²) in [6.07, 6.45) is -10.9. The van der Waals surface area contributed by atoms with Crippen LogP contribution in [0.3, 0.4) is 0 Å². The number of aromatic nitrogens is 1. The highest BCUT2D eigenvalue weighted by atomic mass is 127. The van der Waals surface area contributed by atoms with Crippen molar-refractivity contribution in [2.75, 3.05) is 6.61 Å². The Hall–Kier alpha value is -1.27. The molecule has 0 saturated heterocycles. The van der Waals surface area contributed by atoms with Crippen molar-refractivity contribution in [3.8, 4) is 5.75 Å². The molecule has 1 rings (SSSR count). The van der Waals surface area contributed by atoms with Crippen molar-refractivity contribution in [3.05, 3.63) is 21.0 Å². The average Bonchev–Trinajstić information content (AvgIpc) is 2.30. The first-order valence-electron chi connectivity index (χ1n) is 5.62. The van der Waals surface area contributed by atoms with Gasteiger partial charge in [0.05, 0.1) is 13.0 Å². The minimum Gasteiger partial charge on any atom is -0.466 e. The summed E-state index contributed by atoms with van der Waals surface area (Å²) in [6.45, 7) is 1.44. The smallest absolute Gasteiger partial charge is 0.466 e. The first-order valence-corrected chi connectivity index (χ1v) is 6.70. The molecule has 0 aromatic carbocycles. The number of alkyl halides is 6. The lowest BCUT2D eigenvalue weighted by Gasteiger charge is -2.16. The Bertz CT molecular complexity index is 558. The van der Waals surface area contributed by atoms with Crippen LogP contribution < -0.4 is 4.74 Å². The van der Waals surface area contributed by atoms with E-state index in [-0.39, 0.29) is 12.7 Å². The van der Waals surface area contributed by atoms with Gasteiger partial charge in [-0.05, 0) is 29.5 Å². The Morgan fingerprint density at radius 3 is 2.32 bits per heavy atom. The largest absolute Gasteiger partial charge is 0.573 e. The third-order valence-corrected chi connectivity index (χ3v) is 3.07. The second kappa shape index (κ2) is 6.87. The zero-order valence-electron chi connectivity index (χ0n) is 10.8. The van der Waals surface area contributed by atoms with E-state index in [0.29, 0.717) is 0 Å². The summed E-state index contributed by atoms with van der Waals surface area (Å²) in [4.78, 5) is 14.5. The van der Waals surface area contributed by atoms with E-state index in [2.05, 4.69) is 14.5 Å². The van der Waals surface area contributed by atoms with E-state index in [1.165, 1.54) is 29.5 Å². The van der Waals surface area contributed by atoms with Crippen molar-refractivity contribution in [1.29, 1.82) is 0 Å². The lowest BCUT2D eigenvalue weighted by atomic mass is 10.1. The molecule has 1 aromatic heterocycles.